The summed E-state index contributed by atoms with van der Waals surface area (Å²) in [5.74, 6) is 0.756. The Labute approximate surface area is 164 Å². The lowest BCUT2D eigenvalue weighted by atomic mass is 10.1. The standard InChI is InChI=1S/C21H24N4OS/c1-13-10-11-15(3)18(12-13)22-20(26)16(4)27-21-24-23-19(25(21)5)17-9-7-6-8-14(17)2/h6-12,16H,1-5H3,(H,22,26)/t16-/m1/s1. The number of nitrogens with one attached hydrogen (secondary N) is 1. The zero-order valence-corrected chi connectivity index (χ0v) is 17.1. The van der Waals surface area contributed by atoms with Crippen molar-refractivity contribution in [3.05, 3.63) is 59.2 Å². The Morgan fingerprint density at radius 1 is 1.07 bits per heavy atom. The summed E-state index contributed by atoms with van der Waals surface area (Å²) in [5.41, 5.74) is 5.21. The maximum absolute atomic E-state index is 12.6. The molecule has 0 unspecified atom stereocenters. The number of aromatic nitrogens is 3. The highest BCUT2D eigenvalue weighted by Gasteiger charge is 2.20. The molecule has 27 heavy (non-hydrogen) atoms. The molecule has 0 saturated heterocycles. The number of rotatable bonds is 5. The third-order valence-corrected chi connectivity index (χ3v) is 5.66. The molecule has 1 heterocycles. The summed E-state index contributed by atoms with van der Waals surface area (Å²) in [6.45, 7) is 7.94. The highest BCUT2D eigenvalue weighted by atomic mass is 32.2. The Morgan fingerprint density at radius 2 is 1.81 bits per heavy atom. The maximum Gasteiger partial charge on any atom is 0.237 e. The highest BCUT2D eigenvalue weighted by molar-refractivity contribution is 8.00. The van der Waals surface area contributed by atoms with Crippen molar-refractivity contribution in [1.29, 1.82) is 0 Å². The smallest absolute Gasteiger partial charge is 0.237 e. The lowest BCUT2D eigenvalue weighted by Gasteiger charge is -2.14. The zero-order valence-electron chi connectivity index (χ0n) is 16.3. The molecule has 3 rings (SSSR count). The average molecular weight is 381 g/mol. The molecule has 2 aromatic carbocycles. The SMILES string of the molecule is Cc1ccc(C)c(NC(=O)[C@@H](C)Sc2nnc(-c3ccccc3C)n2C)c1. The molecule has 1 N–H and O–H groups in total. The molecule has 1 atom stereocenters. The summed E-state index contributed by atoms with van der Waals surface area (Å²) >= 11 is 1.41. The van der Waals surface area contributed by atoms with E-state index >= 15 is 0 Å². The maximum atomic E-state index is 12.6. The molecular formula is C21H24N4OS. The van der Waals surface area contributed by atoms with E-state index in [1.54, 1.807) is 0 Å². The van der Waals surface area contributed by atoms with Crippen LogP contribution in [0, 0.1) is 20.8 Å². The van der Waals surface area contributed by atoms with E-state index in [0.717, 1.165) is 38.9 Å². The van der Waals surface area contributed by atoms with Crippen LogP contribution >= 0.6 is 11.8 Å². The normalized spacial score (nSPS) is 12.0. The predicted molar refractivity (Wildman–Crippen MR) is 111 cm³/mol. The van der Waals surface area contributed by atoms with Gasteiger partial charge in [-0.05, 0) is 50.5 Å². The van der Waals surface area contributed by atoms with Crippen LogP contribution in [-0.4, -0.2) is 25.9 Å². The quantitative estimate of drug-likeness (QED) is 0.661. The number of hydrogen-bond acceptors (Lipinski definition) is 4. The number of carbonyl (C=O) groups is 1. The Balaban J connectivity index is 1.75. The molecule has 0 radical (unpaired) electrons. The van der Waals surface area contributed by atoms with Crippen molar-refractivity contribution in [2.45, 2.75) is 38.1 Å². The van der Waals surface area contributed by atoms with Gasteiger partial charge in [0.2, 0.25) is 5.91 Å². The van der Waals surface area contributed by atoms with Crippen LogP contribution in [0.1, 0.15) is 23.6 Å². The van der Waals surface area contributed by atoms with Gasteiger partial charge in [0.1, 0.15) is 0 Å². The van der Waals surface area contributed by atoms with Crippen LogP contribution < -0.4 is 5.32 Å². The molecule has 0 bridgehead atoms. The van der Waals surface area contributed by atoms with E-state index in [2.05, 4.69) is 28.5 Å². The van der Waals surface area contributed by atoms with Gasteiger partial charge < -0.3 is 9.88 Å². The van der Waals surface area contributed by atoms with Crippen LogP contribution in [0.2, 0.25) is 0 Å². The second kappa shape index (κ2) is 7.96. The minimum Gasteiger partial charge on any atom is -0.325 e. The van der Waals surface area contributed by atoms with Gasteiger partial charge in [-0.25, -0.2) is 0 Å². The number of carbonyl (C=O) groups excluding carboxylic acids is 1. The molecule has 5 nitrogen and oxygen atoms in total. The van der Waals surface area contributed by atoms with E-state index in [1.165, 1.54) is 11.8 Å². The lowest BCUT2D eigenvalue weighted by Crippen LogP contribution is -2.23. The number of anilines is 1. The second-order valence-corrected chi connectivity index (χ2v) is 8.06. The first-order chi connectivity index (χ1) is 12.9. The van der Waals surface area contributed by atoms with Crippen LogP contribution in [0.15, 0.2) is 47.6 Å². The average Bonchev–Trinajstić information content (AvgIpc) is 2.99. The Bertz CT molecular complexity index is 980. The summed E-state index contributed by atoms with van der Waals surface area (Å²) in [6.07, 6.45) is 0. The lowest BCUT2D eigenvalue weighted by molar-refractivity contribution is -0.115. The fourth-order valence-electron chi connectivity index (χ4n) is 2.79. The minimum atomic E-state index is -0.294. The number of hydrogen-bond donors (Lipinski definition) is 1. The van der Waals surface area contributed by atoms with Crippen molar-refractivity contribution in [3.8, 4) is 11.4 Å². The number of thioether (sulfide) groups is 1. The van der Waals surface area contributed by atoms with Gasteiger partial charge in [0.05, 0.1) is 5.25 Å². The van der Waals surface area contributed by atoms with E-state index < -0.39 is 0 Å². The molecule has 0 aliphatic carbocycles. The summed E-state index contributed by atoms with van der Waals surface area (Å²) < 4.78 is 1.94. The van der Waals surface area contributed by atoms with E-state index in [4.69, 9.17) is 0 Å². The zero-order chi connectivity index (χ0) is 19.6. The van der Waals surface area contributed by atoms with Crippen LogP contribution in [0.4, 0.5) is 5.69 Å². The van der Waals surface area contributed by atoms with E-state index in [0.29, 0.717) is 0 Å². The largest absolute Gasteiger partial charge is 0.325 e. The van der Waals surface area contributed by atoms with Gasteiger partial charge in [0.25, 0.3) is 0 Å². The van der Waals surface area contributed by atoms with Gasteiger partial charge in [-0.1, -0.05) is 48.2 Å². The van der Waals surface area contributed by atoms with Crippen LogP contribution in [0.5, 0.6) is 0 Å². The number of nitrogens with zero attached hydrogens (tertiary/aromatic N) is 3. The summed E-state index contributed by atoms with van der Waals surface area (Å²) in [5, 5.41) is 12.1. The van der Waals surface area contributed by atoms with Crippen molar-refractivity contribution >= 4 is 23.4 Å². The number of benzene rings is 2. The van der Waals surface area contributed by atoms with Crippen molar-refractivity contribution in [3.63, 3.8) is 0 Å². The fraction of sp³-hybridized carbons (Fsp3) is 0.286. The molecule has 0 fully saturated rings. The van der Waals surface area contributed by atoms with Crippen molar-refractivity contribution in [2.24, 2.45) is 7.05 Å². The molecule has 0 saturated carbocycles. The molecule has 3 aromatic rings. The molecule has 0 aliphatic heterocycles. The molecule has 1 aromatic heterocycles. The monoisotopic (exact) mass is 380 g/mol. The predicted octanol–water partition coefficient (Wildman–Crippen LogP) is 4.53. The first-order valence-corrected chi connectivity index (χ1v) is 9.75. The molecular weight excluding hydrogens is 356 g/mol. The Hall–Kier alpha value is -2.60. The summed E-state index contributed by atoms with van der Waals surface area (Å²) in [7, 11) is 1.93. The first-order valence-electron chi connectivity index (χ1n) is 8.87. The van der Waals surface area contributed by atoms with E-state index in [9.17, 15) is 4.79 Å². The topological polar surface area (TPSA) is 59.8 Å². The highest BCUT2D eigenvalue weighted by Crippen LogP contribution is 2.28. The molecule has 6 heteroatoms. The van der Waals surface area contributed by atoms with Gasteiger partial charge in [-0.3, -0.25) is 4.79 Å². The first kappa shape index (κ1) is 19.2. The van der Waals surface area contributed by atoms with Crippen LogP contribution in [0.25, 0.3) is 11.4 Å². The summed E-state index contributed by atoms with van der Waals surface area (Å²) in [4.78, 5) is 12.6. The van der Waals surface area contributed by atoms with Gasteiger partial charge in [0.15, 0.2) is 11.0 Å². The van der Waals surface area contributed by atoms with Crippen LogP contribution in [-0.2, 0) is 11.8 Å². The molecule has 0 aliphatic rings. The molecule has 140 valence electrons. The Morgan fingerprint density at radius 3 is 2.56 bits per heavy atom. The van der Waals surface area contributed by atoms with E-state index in [-0.39, 0.29) is 11.2 Å². The third kappa shape index (κ3) is 4.22. The van der Waals surface area contributed by atoms with Gasteiger partial charge >= 0.3 is 0 Å². The third-order valence-electron chi connectivity index (χ3n) is 4.52. The van der Waals surface area contributed by atoms with Crippen LogP contribution in [0.3, 0.4) is 0 Å². The number of amides is 1. The molecule has 1 amide bonds. The number of aryl methyl sites for hydroxylation is 3. The Kier molecular flexibility index (Phi) is 5.65. The van der Waals surface area contributed by atoms with Gasteiger partial charge in [-0.15, -0.1) is 10.2 Å². The van der Waals surface area contributed by atoms with E-state index in [1.807, 2.05) is 68.8 Å². The summed E-state index contributed by atoms with van der Waals surface area (Å²) in [6, 6.07) is 14.1. The molecule has 0 spiro atoms. The minimum absolute atomic E-state index is 0.0471. The van der Waals surface area contributed by atoms with Crippen molar-refractivity contribution < 1.29 is 4.79 Å². The van der Waals surface area contributed by atoms with Gasteiger partial charge in [-0.2, -0.15) is 0 Å². The second-order valence-electron chi connectivity index (χ2n) is 6.75. The van der Waals surface area contributed by atoms with Crippen molar-refractivity contribution in [1.82, 2.24) is 14.8 Å². The van der Waals surface area contributed by atoms with Crippen molar-refractivity contribution in [2.75, 3.05) is 5.32 Å². The van der Waals surface area contributed by atoms with Gasteiger partial charge in [0, 0.05) is 18.3 Å². The fourth-order valence-corrected chi connectivity index (χ4v) is 3.61.